The molecule has 1 saturated carbocycles. The number of nitrogens with one attached hydrogen (secondary N) is 1. The molecule has 5 nitrogen and oxygen atoms in total. The first-order valence-corrected chi connectivity index (χ1v) is 7.33. The lowest BCUT2D eigenvalue weighted by molar-refractivity contribution is 0.0952. The third-order valence-corrected chi connectivity index (χ3v) is 4.12. The zero-order valence-corrected chi connectivity index (χ0v) is 12.8. The van der Waals surface area contributed by atoms with E-state index in [-0.39, 0.29) is 6.10 Å². The summed E-state index contributed by atoms with van der Waals surface area (Å²) in [6, 6.07) is 1.85. The number of hydrogen-bond donors (Lipinski definition) is 1. The second-order valence-corrected chi connectivity index (χ2v) is 5.70. The Bertz CT molecular complexity index is 439. The zero-order chi connectivity index (χ0) is 14.5. The van der Waals surface area contributed by atoms with Gasteiger partial charge in [-0.3, -0.25) is 0 Å². The summed E-state index contributed by atoms with van der Waals surface area (Å²) in [5, 5.41) is 3.03. The van der Waals surface area contributed by atoms with E-state index >= 15 is 0 Å². The largest absolute Gasteiger partial charge is 0.474 e. The van der Waals surface area contributed by atoms with Gasteiger partial charge >= 0.3 is 0 Å². The van der Waals surface area contributed by atoms with Crippen LogP contribution < -0.4 is 10.1 Å². The summed E-state index contributed by atoms with van der Waals surface area (Å²) in [7, 11) is 3.48. The Morgan fingerprint density at radius 1 is 1.25 bits per heavy atom. The van der Waals surface area contributed by atoms with E-state index in [0.29, 0.717) is 24.2 Å². The Morgan fingerprint density at radius 2 is 2.05 bits per heavy atom. The first-order chi connectivity index (χ1) is 9.62. The average Bonchev–Trinajstić information content (AvgIpc) is 2.43. The molecule has 0 amide bonds. The molecule has 3 unspecified atom stereocenters. The van der Waals surface area contributed by atoms with E-state index in [0.717, 1.165) is 24.6 Å². The SMILES string of the molecule is CNc1cc(OC2CCC(C)C(C)C2)nc(COC)n1. The van der Waals surface area contributed by atoms with Crippen LogP contribution in [0.5, 0.6) is 5.88 Å². The molecule has 5 heteroatoms. The molecule has 1 aliphatic rings. The smallest absolute Gasteiger partial charge is 0.219 e. The van der Waals surface area contributed by atoms with Crippen LogP contribution in [0.1, 0.15) is 38.9 Å². The Labute approximate surface area is 121 Å². The Morgan fingerprint density at radius 3 is 2.70 bits per heavy atom. The van der Waals surface area contributed by atoms with Gasteiger partial charge in [0.05, 0.1) is 0 Å². The van der Waals surface area contributed by atoms with Crippen LogP contribution in [0.2, 0.25) is 0 Å². The van der Waals surface area contributed by atoms with E-state index in [4.69, 9.17) is 9.47 Å². The molecule has 0 aliphatic heterocycles. The van der Waals surface area contributed by atoms with Gasteiger partial charge in [0.1, 0.15) is 18.5 Å². The van der Waals surface area contributed by atoms with Crippen LogP contribution in [0, 0.1) is 11.8 Å². The Hall–Kier alpha value is -1.36. The minimum atomic E-state index is 0.260. The van der Waals surface area contributed by atoms with Crippen molar-refractivity contribution in [2.45, 2.75) is 45.8 Å². The van der Waals surface area contributed by atoms with E-state index in [1.165, 1.54) is 6.42 Å². The maximum Gasteiger partial charge on any atom is 0.219 e. The minimum absolute atomic E-state index is 0.260. The minimum Gasteiger partial charge on any atom is -0.474 e. The first-order valence-electron chi connectivity index (χ1n) is 7.33. The van der Waals surface area contributed by atoms with Gasteiger partial charge in [-0.15, -0.1) is 0 Å². The third kappa shape index (κ3) is 3.82. The van der Waals surface area contributed by atoms with E-state index in [9.17, 15) is 0 Å². The van der Waals surface area contributed by atoms with Crippen LogP contribution in [0.4, 0.5) is 5.82 Å². The molecule has 112 valence electrons. The molecule has 1 heterocycles. The third-order valence-electron chi connectivity index (χ3n) is 4.12. The molecule has 0 radical (unpaired) electrons. The molecule has 3 atom stereocenters. The zero-order valence-electron chi connectivity index (χ0n) is 12.8. The molecule has 1 N–H and O–H groups in total. The molecule has 20 heavy (non-hydrogen) atoms. The molecular formula is C15H25N3O2. The quantitative estimate of drug-likeness (QED) is 0.898. The number of methoxy groups -OCH3 is 1. The maximum absolute atomic E-state index is 6.06. The summed E-state index contributed by atoms with van der Waals surface area (Å²) in [5.74, 6) is 3.55. The lowest BCUT2D eigenvalue weighted by atomic mass is 9.80. The van der Waals surface area contributed by atoms with Gasteiger partial charge in [0, 0.05) is 20.2 Å². The van der Waals surface area contributed by atoms with Crippen LogP contribution >= 0.6 is 0 Å². The number of hydrogen-bond acceptors (Lipinski definition) is 5. The normalized spacial score (nSPS) is 26.3. The van der Waals surface area contributed by atoms with Crippen molar-refractivity contribution in [2.24, 2.45) is 11.8 Å². The first kappa shape index (κ1) is 15.0. The number of aromatic nitrogens is 2. The number of ether oxygens (including phenoxy) is 2. The van der Waals surface area contributed by atoms with Crippen molar-refractivity contribution in [3.63, 3.8) is 0 Å². The summed E-state index contributed by atoms with van der Waals surface area (Å²) in [4.78, 5) is 8.75. The van der Waals surface area contributed by atoms with Gasteiger partial charge in [0.25, 0.3) is 0 Å². The van der Waals surface area contributed by atoms with E-state index in [2.05, 4.69) is 29.1 Å². The molecule has 0 aromatic carbocycles. The van der Waals surface area contributed by atoms with E-state index in [1.54, 1.807) is 7.11 Å². The fourth-order valence-corrected chi connectivity index (χ4v) is 2.63. The van der Waals surface area contributed by atoms with E-state index < -0.39 is 0 Å². The molecule has 1 aromatic rings. The van der Waals surface area contributed by atoms with Gasteiger partial charge in [-0.05, 0) is 31.1 Å². The summed E-state index contributed by atoms with van der Waals surface area (Å²) >= 11 is 0. The van der Waals surface area contributed by atoms with Crippen molar-refractivity contribution in [2.75, 3.05) is 19.5 Å². The highest BCUT2D eigenvalue weighted by Crippen LogP contribution is 2.31. The lowest BCUT2D eigenvalue weighted by Gasteiger charge is -2.32. The van der Waals surface area contributed by atoms with Crippen LogP contribution in [0.15, 0.2) is 6.07 Å². The molecule has 2 rings (SSSR count). The van der Waals surface area contributed by atoms with Gasteiger partial charge in [0.2, 0.25) is 5.88 Å². The van der Waals surface area contributed by atoms with Crippen molar-refractivity contribution in [1.29, 1.82) is 0 Å². The molecule has 0 spiro atoms. The summed E-state index contributed by atoms with van der Waals surface area (Å²) in [6.07, 6.45) is 3.68. The molecule has 1 fully saturated rings. The van der Waals surface area contributed by atoms with Gasteiger partial charge in [0.15, 0.2) is 5.82 Å². The van der Waals surface area contributed by atoms with Crippen molar-refractivity contribution < 1.29 is 9.47 Å². The highest BCUT2D eigenvalue weighted by Gasteiger charge is 2.26. The topological polar surface area (TPSA) is 56.3 Å². The van der Waals surface area contributed by atoms with Crippen molar-refractivity contribution in [3.8, 4) is 5.88 Å². The summed E-state index contributed by atoms with van der Waals surface area (Å²) in [5.41, 5.74) is 0. The average molecular weight is 279 g/mol. The van der Waals surface area contributed by atoms with Crippen LogP contribution in [0.3, 0.4) is 0 Å². The Kier molecular flexibility index (Phi) is 5.17. The number of rotatable bonds is 5. The highest BCUT2D eigenvalue weighted by molar-refractivity contribution is 5.37. The van der Waals surface area contributed by atoms with Gasteiger partial charge in [-0.2, -0.15) is 4.98 Å². The second-order valence-electron chi connectivity index (χ2n) is 5.70. The van der Waals surface area contributed by atoms with Gasteiger partial charge in [-0.1, -0.05) is 13.8 Å². The lowest BCUT2D eigenvalue weighted by Crippen LogP contribution is -2.29. The Balaban J connectivity index is 2.06. The summed E-state index contributed by atoms with van der Waals surface area (Å²) in [6.45, 7) is 5.01. The summed E-state index contributed by atoms with van der Waals surface area (Å²) < 4.78 is 11.2. The number of anilines is 1. The number of nitrogens with zero attached hydrogens (tertiary/aromatic N) is 2. The highest BCUT2D eigenvalue weighted by atomic mass is 16.5. The van der Waals surface area contributed by atoms with Crippen molar-refractivity contribution in [1.82, 2.24) is 9.97 Å². The van der Waals surface area contributed by atoms with Crippen LogP contribution in [0.25, 0.3) is 0 Å². The van der Waals surface area contributed by atoms with Crippen molar-refractivity contribution >= 4 is 5.82 Å². The molecular weight excluding hydrogens is 254 g/mol. The monoisotopic (exact) mass is 279 g/mol. The molecule has 0 bridgehead atoms. The van der Waals surface area contributed by atoms with Gasteiger partial charge in [-0.25, -0.2) is 4.98 Å². The standard InChI is InChI=1S/C15H25N3O2/c1-10-5-6-12(7-11(10)2)20-15-8-13(16-3)17-14(18-15)9-19-4/h8,10-12H,5-7,9H2,1-4H3,(H,16,17,18). The van der Waals surface area contributed by atoms with Crippen molar-refractivity contribution in [3.05, 3.63) is 11.9 Å². The molecule has 0 saturated heterocycles. The van der Waals surface area contributed by atoms with Gasteiger partial charge < -0.3 is 14.8 Å². The fraction of sp³-hybridized carbons (Fsp3) is 0.733. The van der Waals surface area contributed by atoms with Crippen LogP contribution in [-0.2, 0) is 11.3 Å². The predicted octanol–water partition coefficient (Wildman–Crippen LogP) is 2.87. The van der Waals surface area contributed by atoms with Crippen LogP contribution in [-0.4, -0.2) is 30.2 Å². The maximum atomic E-state index is 6.06. The second kappa shape index (κ2) is 6.88. The molecule has 1 aliphatic carbocycles. The molecule has 1 aromatic heterocycles. The predicted molar refractivity (Wildman–Crippen MR) is 78.9 cm³/mol. The fourth-order valence-electron chi connectivity index (χ4n) is 2.63. The van der Waals surface area contributed by atoms with E-state index in [1.807, 2.05) is 13.1 Å².